The van der Waals surface area contributed by atoms with E-state index in [1.165, 1.54) is 0 Å². The van der Waals surface area contributed by atoms with E-state index in [0.717, 1.165) is 22.1 Å². The van der Waals surface area contributed by atoms with Crippen molar-refractivity contribution in [2.75, 3.05) is 5.32 Å². The average molecular weight is 312 g/mol. The van der Waals surface area contributed by atoms with Gasteiger partial charge in [0, 0.05) is 5.56 Å². The minimum absolute atomic E-state index is 0.133. The molecule has 2 N–H and O–H groups in total. The molecule has 3 aromatic rings. The van der Waals surface area contributed by atoms with Crippen LogP contribution in [-0.4, -0.2) is 22.0 Å². The Bertz CT molecular complexity index is 881. The molecular weight excluding hydrogens is 300 g/mol. The molecule has 0 bridgehead atoms. The number of amides is 1. The molecule has 0 saturated heterocycles. The molecule has 0 unspecified atom stereocenters. The number of hydrogen-bond donors (Lipinski definition) is 2. The Kier molecular flexibility index (Phi) is 3.60. The summed E-state index contributed by atoms with van der Waals surface area (Å²) in [7, 11) is 0. The molecule has 0 saturated carbocycles. The number of carbonyl (C=O) groups excluding carboxylic acids is 1. The van der Waals surface area contributed by atoms with Gasteiger partial charge in [0.15, 0.2) is 5.13 Å². The molecule has 0 spiro atoms. The molecule has 3 rings (SSSR count). The standard InChI is InChI=1S/C16H12N2O3S/c1-9-13(15(20)21)22-16(17-9)18-14(19)12-8-4-6-10-5-2-3-7-11(10)12/h2-8H,1H3,(H,20,21)(H,17,18,19). The summed E-state index contributed by atoms with van der Waals surface area (Å²) in [5.41, 5.74) is 0.925. The van der Waals surface area contributed by atoms with E-state index in [2.05, 4.69) is 10.3 Å². The number of carboxylic acids is 1. The number of carboxylic acid groups (broad SMARTS) is 1. The Morgan fingerprint density at radius 1 is 1.14 bits per heavy atom. The first-order chi connectivity index (χ1) is 10.6. The summed E-state index contributed by atoms with van der Waals surface area (Å²) < 4.78 is 0. The zero-order chi connectivity index (χ0) is 15.7. The van der Waals surface area contributed by atoms with Crippen molar-refractivity contribution in [1.29, 1.82) is 0 Å². The number of anilines is 1. The van der Waals surface area contributed by atoms with E-state index >= 15 is 0 Å². The fraction of sp³-hybridized carbons (Fsp3) is 0.0625. The van der Waals surface area contributed by atoms with Crippen LogP contribution < -0.4 is 5.32 Å². The zero-order valence-corrected chi connectivity index (χ0v) is 12.5. The van der Waals surface area contributed by atoms with Crippen LogP contribution in [0.4, 0.5) is 5.13 Å². The van der Waals surface area contributed by atoms with Crippen LogP contribution in [0, 0.1) is 6.92 Å². The number of aryl methyl sites for hydroxylation is 1. The lowest BCUT2D eigenvalue weighted by Gasteiger charge is -2.05. The van der Waals surface area contributed by atoms with Crippen LogP contribution in [0.25, 0.3) is 10.8 Å². The van der Waals surface area contributed by atoms with Gasteiger partial charge in [-0.2, -0.15) is 0 Å². The first kappa shape index (κ1) is 14.2. The van der Waals surface area contributed by atoms with Gasteiger partial charge in [-0.1, -0.05) is 47.7 Å². The van der Waals surface area contributed by atoms with E-state index in [-0.39, 0.29) is 15.9 Å². The quantitative estimate of drug-likeness (QED) is 0.775. The molecule has 1 amide bonds. The van der Waals surface area contributed by atoms with Crippen LogP contribution in [0.3, 0.4) is 0 Å². The van der Waals surface area contributed by atoms with E-state index in [1.807, 2.05) is 36.4 Å². The molecule has 1 aromatic heterocycles. The van der Waals surface area contributed by atoms with Gasteiger partial charge in [0.05, 0.1) is 5.69 Å². The van der Waals surface area contributed by atoms with E-state index in [1.54, 1.807) is 13.0 Å². The number of hydrogen-bond acceptors (Lipinski definition) is 4. The Morgan fingerprint density at radius 3 is 2.59 bits per heavy atom. The molecule has 110 valence electrons. The van der Waals surface area contributed by atoms with Crippen LogP contribution in [-0.2, 0) is 0 Å². The number of thiazole rings is 1. The highest BCUT2D eigenvalue weighted by Gasteiger charge is 2.17. The number of rotatable bonds is 3. The fourth-order valence-corrected chi connectivity index (χ4v) is 3.04. The highest BCUT2D eigenvalue weighted by molar-refractivity contribution is 7.17. The lowest BCUT2D eigenvalue weighted by atomic mass is 10.0. The van der Waals surface area contributed by atoms with Crippen LogP contribution >= 0.6 is 11.3 Å². The topological polar surface area (TPSA) is 79.3 Å². The second-order valence-electron chi connectivity index (χ2n) is 4.72. The van der Waals surface area contributed by atoms with Crippen molar-refractivity contribution in [3.05, 3.63) is 58.6 Å². The maximum absolute atomic E-state index is 12.4. The maximum atomic E-state index is 12.4. The summed E-state index contributed by atoms with van der Waals surface area (Å²) in [4.78, 5) is 27.7. The predicted molar refractivity (Wildman–Crippen MR) is 85.7 cm³/mol. The molecule has 0 aliphatic rings. The molecule has 2 aromatic carbocycles. The molecule has 22 heavy (non-hydrogen) atoms. The van der Waals surface area contributed by atoms with Crippen LogP contribution in [0.2, 0.25) is 0 Å². The minimum Gasteiger partial charge on any atom is -0.477 e. The summed E-state index contributed by atoms with van der Waals surface area (Å²) in [5.74, 6) is -1.34. The third kappa shape index (κ3) is 2.56. The Balaban J connectivity index is 1.94. The summed E-state index contributed by atoms with van der Waals surface area (Å²) >= 11 is 0.953. The van der Waals surface area contributed by atoms with E-state index in [0.29, 0.717) is 11.3 Å². The molecule has 0 fully saturated rings. The van der Waals surface area contributed by atoms with Crippen molar-refractivity contribution in [1.82, 2.24) is 4.98 Å². The van der Waals surface area contributed by atoms with E-state index < -0.39 is 5.97 Å². The highest BCUT2D eigenvalue weighted by atomic mass is 32.1. The third-order valence-electron chi connectivity index (χ3n) is 3.25. The monoisotopic (exact) mass is 312 g/mol. The number of nitrogens with zero attached hydrogens (tertiary/aromatic N) is 1. The third-order valence-corrected chi connectivity index (χ3v) is 4.31. The number of fused-ring (bicyclic) bond motifs is 1. The van der Waals surface area contributed by atoms with Gasteiger partial charge < -0.3 is 5.11 Å². The highest BCUT2D eigenvalue weighted by Crippen LogP contribution is 2.24. The van der Waals surface area contributed by atoms with Gasteiger partial charge in [0.2, 0.25) is 0 Å². The van der Waals surface area contributed by atoms with Gasteiger partial charge >= 0.3 is 5.97 Å². The van der Waals surface area contributed by atoms with Crippen LogP contribution in [0.5, 0.6) is 0 Å². The average Bonchev–Trinajstić information content (AvgIpc) is 2.87. The summed E-state index contributed by atoms with van der Waals surface area (Å²) in [6.45, 7) is 1.60. The van der Waals surface area contributed by atoms with Crippen LogP contribution in [0.1, 0.15) is 25.7 Å². The van der Waals surface area contributed by atoms with Crippen molar-refractivity contribution < 1.29 is 14.7 Å². The van der Waals surface area contributed by atoms with Crippen LogP contribution in [0.15, 0.2) is 42.5 Å². The number of nitrogens with one attached hydrogen (secondary N) is 1. The summed E-state index contributed by atoms with van der Waals surface area (Å²) in [6, 6.07) is 13.1. The molecular formula is C16H12N2O3S. The number of aromatic carboxylic acids is 1. The second kappa shape index (κ2) is 5.57. The van der Waals surface area contributed by atoms with Gasteiger partial charge in [0.1, 0.15) is 4.88 Å². The number of aromatic nitrogens is 1. The van der Waals surface area contributed by atoms with Gasteiger partial charge in [-0.05, 0) is 23.8 Å². The molecule has 0 atom stereocenters. The van der Waals surface area contributed by atoms with Gasteiger partial charge in [-0.3, -0.25) is 10.1 Å². The molecule has 0 radical (unpaired) electrons. The molecule has 1 heterocycles. The summed E-state index contributed by atoms with van der Waals surface area (Å²) in [5, 5.41) is 13.8. The molecule has 6 heteroatoms. The first-order valence-electron chi connectivity index (χ1n) is 6.56. The van der Waals surface area contributed by atoms with Crippen molar-refractivity contribution >= 4 is 39.1 Å². The Labute approximate surface area is 130 Å². The van der Waals surface area contributed by atoms with Gasteiger partial charge in [-0.15, -0.1) is 0 Å². The Morgan fingerprint density at radius 2 is 1.86 bits per heavy atom. The van der Waals surface area contributed by atoms with Gasteiger partial charge in [0.25, 0.3) is 5.91 Å². The normalized spacial score (nSPS) is 10.6. The van der Waals surface area contributed by atoms with E-state index in [9.17, 15) is 9.59 Å². The minimum atomic E-state index is -1.04. The smallest absolute Gasteiger partial charge is 0.347 e. The van der Waals surface area contributed by atoms with E-state index in [4.69, 9.17) is 5.11 Å². The number of benzene rings is 2. The SMILES string of the molecule is Cc1nc(NC(=O)c2cccc3ccccc23)sc1C(=O)O. The number of carbonyl (C=O) groups is 2. The predicted octanol–water partition coefficient (Wildman–Crippen LogP) is 3.56. The lowest BCUT2D eigenvalue weighted by molar-refractivity contribution is 0.0701. The zero-order valence-electron chi connectivity index (χ0n) is 11.7. The van der Waals surface area contributed by atoms with Crippen molar-refractivity contribution in [3.63, 3.8) is 0 Å². The van der Waals surface area contributed by atoms with Crippen molar-refractivity contribution in [2.45, 2.75) is 6.92 Å². The fourth-order valence-electron chi connectivity index (χ4n) is 2.24. The first-order valence-corrected chi connectivity index (χ1v) is 7.38. The maximum Gasteiger partial charge on any atom is 0.347 e. The molecule has 0 aliphatic heterocycles. The Hall–Kier alpha value is -2.73. The molecule has 0 aliphatic carbocycles. The molecule has 5 nitrogen and oxygen atoms in total. The van der Waals surface area contributed by atoms with Gasteiger partial charge in [-0.25, -0.2) is 9.78 Å². The summed E-state index contributed by atoms with van der Waals surface area (Å²) in [6.07, 6.45) is 0. The second-order valence-corrected chi connectivity index (χ2v) is 5.72. The van der Waals surface area contributed by atoms with Crippen molar-refractivity contribution in [2.24, 2.45) is 0 Å². The lowest BCUT2D eigenvalue weighted by Crippen LogP contribution is -2.12. The van der Waals surface area contributed by atoms with Crippen molar-refractivity contribution in [3.8, 4) is 0 Å². The largest absolute Gasteiger partial charge is 0.477 e.